The van der Waals surface area contributed by atoms with Crippen molar-refractivity contribution in [3.05, 3.63) is 40.2 Å². The molecule has 0 aliphatic carbocycles. The first-order valence-corrected chi connectivity index (χ1v) is 5.19. The van der Waals surface area contributed by atoms with Crippen LogP contribution in [-0.4, -0.2) is 17.3 Å². The number of aromatic amines is 2. The van der Waals surface area contributed by atoms with Gasteiger partial charge in [0, 0.05) is 11.6 Å². The number of H-pyrrole nitrogens is 2. The summed E-state index contributed by atoms with van der Waals surface area (Å²) in [6, 6.07) is 7.41. The van der Waals surface area contributed by atoms with Crippen LogP contribution >= 0.6 is 0 Å². The van der Waals surface area contributed by atoms with Crippen LogP contribution in [0.5, 0.6) is 5.75 Å². The molecule has 0 bridgehead atoms. The monoisotopic (exact) mass is 218 g/mol. The first-order chi connectivity index (χ1) is 7.74. The van der Waals surface area contributed by atoms with Gasteiger partial charge in [-0.2, -0.15) is 0 Å². The van der Waals surface area contributed by atoms with Crippen LogP contribution in [0.4, 0.5) is 0 Å². The number of hydrogen-bond acceptors (Lipinski definition) is 2. The van der Waals surface area contributed by atoms with E-state index in [9.17, 15) is 4.79 Å². The summed E-state index contributed by atoms with van der Waals surface area (Å²) in [5, 5.41) is 5.35. The molecule has 2 rings (SSSR count). The highest BCUT2D eigenvalue weighted by atomic mass is 16.5. The van der Waals surface area contributed by atoms with E-state index in [4.69, 9.17) is 4.74 Å². The smallest absolute Gasteiger partial charge is 0.264 e. The predicted octanol–water partition coefficient (Wildman–Crippen LogP) is 1.94. The van der Waals surface area contributed by atoms with E-state index in [1.807, 2.05) is 18.2 Å². The zero-order valence-electron chi connectivity index (χ0n) is 9.33. The Morgan fingerprint density at radius 3 is 2.62 bits per heavy atom. The third-order valence-electron chi connectivity index (χ3n) is 2.57. The lowest BCUT2D eigenvalue weighted by Crippen LogP contribution is -1.93. The second kappa shape index (κ2) is 4.26. The van der Waals surface area contributed by atoms with Crippen molar-refractivity contribution in [2.45, 2.75) is 13.3 Å². The Kier molecular flexibility index (Phi) is 2.81. The van der Waals surface area contributed by atoms with Gasteiger partial charge in [0.25, 0.3) is 5.56 Å². The number of aromatic nitrogens is 2. The third kappa shape index (κ3) is 1.86. The standard InChI is InChI=1S/C12H14N2O2/c1-3-8-6-9(4-5-11(8)16-2)10-7-12(15)14-13-10/h4-7H,3H2,1-2H3,(H2,13,14,15). The van der Waals surface area contributed by atoms with Gasteiger partial charge < -0.3 is 4.74 Å². The first-order valence-electron chi connectivity index (χ1n) is 5.19. The molecule has 0 amide bonds. The second-order valence-corrected chi connectivity index (χ2v) is 3.55. The molecule has 2 N–H and O–H groups in total. The van der Waals surface area contributed by atoms with Crippen molar-refractivity contribution in [3.8, 4) is 17.0 Å². The van der Waals surface area contributed by atoms with Gasteiger partial charge in [-0.3, -0.25) is 15.0 Å². The molecular formula is C12H14N2O2. The molecule has 0 fully saturated rings. The minimum Gasteiger partial charge on any atom is -0.496 e. The van der Waals surface area contributed by atoms with E-state index in [0.717, 1.165) is 29.0 Å². The van der Waals surface area contributed by atoms with Gasteiger partial charge in [0.2, 0.25) is 0 Å². The lowest BCUT2D eigenvalue weighted by Gasteiger charge is -2.08. The lowest BCUT2D eigenvalue weighted by molar-refractivity contribution is 0.410. The van der Waals surface area contributed by atoms with Gasteiger partial charge in [0.15, 0.2) is 0 Å². The second-order valence-electron chi connectivity index (χ2n) is 3.55. The van der Waals surface area contributed by atoms with Gasteiger partial charge in [-0.05, 0) is 30.2 Å². The maximum absolute atomic E-state index is 11.0. The summed E-state index contributed by atoms with van der Waals surface area (Å²) in [5.74, 6) is 0.879. The molecule has 4 nitrogen and oxygen atoms in total. The minimum atomic E-state index is -0.121. The maximum Gasteiger partial charge on any atom is 0.264 e. The largest absolute Gasteiger partial charge is 0.496 e. The lowest BCUT2D eigenvalue weighted by atomic mass is 10.1. The van der Waals surface area contributed by atoms with Crippen molar-refractivity contribution >= 4 is 0 Å². The first kappa shape index (κ1) is 10.5. The predicted molar refractivity (Wildman–Crippen MR) is 62.8 cm³/mol. The van der Waals surface area contributed by atoms with E-state index < -0.39 is 0 Å². The van der Waals surface area contributed by atoms with Crippen LogP contribution in [0.25, 0.3) is 11.3 Å². The molecule has 1 aromatic heterocycles. The highest BCUT2D eigenvalue weighted by molar-refractivity contribution is 5.61. The SMILES string of the molecule is CCc1cc(-c2cc(=O)[nH][nH]2)ccc1OC. The fourth-order valence-corrected chi connectivity index (χ4v) is 1.71. The van der Waals surface area contributed by atoms with Crippen LogP contribution in [0, 0.1) is 0 Å². The van der Waals surface area contributed by atoms with E-state index in [2.05, 4.69) is 17.1 Å². The highest BCUT2D eigenvalue weighted by Crippen LogP contribution is 2.25. The number of rotatable bonds is 3. The molecule has 1 heterocycles. The molecule has 0 saturated carbocycles. The van der Waals surface area contributed by atoms with E-state index in [1.54, 1.807) is 13.2 Å². The zero-order chi connectivity index (χ0) is 11.5. The molecular weight excluding hydrogens is 204 g/mol. The van der Waals surface area contributed by atoms with Gasteiger partial charge in [0.05, 0.1) is 12.8 Å². The average Bonchev–Trinajstić information content (AvgIpc) is 2.75. The van der Waals surface area contributed by atoms with E-state index in [0.29, 0.717) is 0 Å². The fourth-order valence-electron chi connectivity index (χ4n) is 1.71. The zero-order valence-corrected chi connectivity index (χ0v) is 9.33. The quantitative estimate of drug-likeness (QED) is 0.827. The molecule has 0 spiro atoms. The number of benzene rings is 1. The van der Waals surface area contributed by atoms with Crippen molar-refractivity contribution in [2.24, 2.45) is 0 Å². The summed E-state index contributed by atoms with van der Waals surface area (Å²) in [7, 11) is 1.66. The molecule has 2 aromatic rings. The number of methoxy groups -OCH3 is 1. The van der Waals surface area contributed by atoms with Crippen LogP contribution in [0.1, 0.15) is 12.5 Å². The normalized spacial score (nSPS) is 10.4. The average molecular weight is 218 g/mol. The van der Waals surface area contributed by atoms with E-state index in [-0.39, 0.29) is 5.56 Å². The summed E-state index contributed by atoms with van der Waals surface area (Å²) in [6.07, 6.45) is 0.895. The van der Waals surface area contributed by atoms with Crippen molar-refractivity contribution < 1.29 is 4.74 Å². The van der Waals surface area contributed by atoms with Crippen LogP contribution in [0.15, 0.2) is 29.1 Å². The Hall–Kier alpha value is -1.97. The van der Waals surface area contributed by atoms with Gasteiger partial charge in [0.1, 0.15) is 5.75 Å². The molecule has 0 aliphatic heterocycles. The molecule has 0 atom stereocenters. The number of nitrogens with one attached hydrogen (secondary N) is 2. The summed E-state index contributed by atoms with van der Waals surface area (Å²) in [6.45, 7) is 2.07. The Balaban J connectivity index is 2.47. The Labute approximate surface area is 93.3 Å². The third-order valence-corrected chi connectivity index (χ3v) is 2.57. The topological polar surface area (TPSA) is 57.9 Å². The van der Waals surface area contributed by atoms with Crippen molar-refractivity contribution in [1.82, 2.24) is 10.2 Å². The van der Waals surface area contributed by atoms with Gasteiger partial charge in [-0.1, -0.05) is 6.92 Å². The van der Waals surface area contributed by atoms with Crippen LogP contribution in [0.2, 0.25) is 0 Å². The minimum absolute atomic E-state index is 0.121. The molecule has 4 heteroatoms. The number of ether oxygens (including phenoxy) is 1. The van der Waals surface area contributed by atoms with Crippen LogP contribution in [-0.2, 0) is 6.42 Å². The molecule has 0 unspecified atom stereocenters. The highest BCUT2D eigenvalue weighted by Gasteiger charge is 2.05. The van der Waals surface area contributed by atoms with Crippen molar-refractivity contribution in [1.29, 1.82) is 0 Å². The Morgan fingerprint density at radius 1 is 1.25 bits per heavy atom. The molecule has 16 heavy (non-hydrogen) atoms. The molecule has 0 aliphatic rings. The molecule has 1 aromatic carbocycles. The summed E-state index contributed by atoms with van der Waals surface area (Å²) >= 11 is 0. The van der Waals surface area contributed by atoms with E-state index >= 15 is 0 Å². The number of hydrogen-bond donors (Lipinski definition) is 2. The van der Waals surface area contributed by atoms with Crippen molar-refractivity contribution in [2.75, 3.05) is 7.11 Å². The molecule has 0 saturated heterocycles. The number of aryl methyl sites for hydroxylation is 1. The molecule has 84 valence electrons. The summed E-state index contributed by atoms with van der Waals surface area (Å²) in [4.78, 5) is 11.0. The summed E-state index contributed by atoms with van der Waals surface area (Å²) < 4.78 is 5.25. The van der Waals surface area contributed by atoms with E-state index in [1.165, 1.54) is 0 Å². The van der Waals surface area contributed by atoms with Gasteiger partial charge in [-0.25, -0.2) is 0 Å². The Morgan fingerprint density at radius 2 is 2.06 bits per heavy atom. The Bertz CT molecular complexity index is 540. The van der Waals surface area contributed by atoms with Gasteiger partial charge >= 0.3 is 0 Å². The molecule has 0 radical (unpaired) electrons. The fraction of sp³-hybridized carbons (Fsp3) is 0.250. The van der Waals surface area contributed by atoms with Crippen LogP contribution in [0.3, 0.4) is 0 Å². The van der Waals surface area contributed by atoms with Crippen molar-refractivity contribution in [3.63, 3.8) is 0 Å². The maximum atomic E-state index is 11.0. The van der Waals surface area contributed by atoms with Gasteiger partial charge in [-0.15, -0.1) is 0 Å². The van der Waals surface area contributed by atoms with Crippen LogP contribution < -0.4 is 10.3 Å². The summed E-state index contributed by atoms with van der Waals surface area (Å²) in [5.41, 5.74) is 2.78.